The Morgan fingerprint density at radius 2 is 2.16 bits per heavy atom. The lowest BCUT2D eigenvalue weighted by Crippen LogP contribution is -2.55. The van der Waals surface area contributed by atoms with E-state index in [2.05, 4.69) is 21.0 Å². The zero-order valence-electron chi connectivity index (χ0n) is 17.8. The zero-order chi connectivity index (χ0) is 23.2. The Balaban J connectivity index is 1.58. The molecule has 7 nitrogen and oxygen atoms in total. The number of aryl methyl sites for hydroxylation is 1. The Hall–Kier alpha value is -2.24. The summed E-state index contributed by atoms with van der Waals surface area (Å²) in [6, 6.07) is 4.96. The van der Waals surface area contributed by atoms with Gasteiger partial charge in [-0.05, 0) is 54.4 Å². The molecule has 1 aliphatic heterocycles. The van der Waals surface area contributed by atoms with E-state index in [9.17, 15) is 13.4 Å². The minimum atomic E-state index is -2.89. The predicted molar refractivity (Wildman–Crippen MR) is 129 cm³/mol. The SMILES string of the molecule is C=S1(=O)NC(c2cc(-c3cnn(C)c3C)cs2)CC(C(=O)Nc2ccc(F)c(Cl)c2)N1C. The number of benzene rings is 1. The Morgan fingerprint density at radius 3 is 2.81 bits per heavy atom. The maximum Gasteiger partial charge on any atom is 0.242 e. The largest absolute Gasteiger partial charge is 0.325 e. The summed E-state index contributed by atoms with van der Waals surface area (Å²) in [6.45, 7) is 2.00. The van der Waals surface area contributed by atoms with Crippen molar-refractivity contribution in [3.63, 3.8) is 0 Å². The molecule has 170 valence electrons. The molecule has 3 atom stereocenters. The topological polar surface area (TPSA) is 79.3 Å². The van der Waals surface area contributed by atoms with E-state index in [1.54, 1.807) is 7.05 Å². The van der Waals surface area contributed by atoms with Crippen molar-refractivity contribution >= 4 is 50.3 Å². The van der Waals surface area contributed by atoms with Crippen LogP contribution in [0.4, 0.5) is 10.1 Å². The fraction of sp³-hybridized carbons (Fsp3) is 0.286. The van der Waals surface area contributed by atoms with Gasteiger partial charge >= 0.3 is 0 Å². The van der Waals surface area contributed by atoms with Gasteiger partial charge in [0.25, 0.3) is 0 Å². The normalized spacial score (nSPS) is 23.9. The summed E-state index contributed by atoms with van der Waals surface area (Å²) < 4.78 is 32.9. The molecule has 0 radical (unpaired) electrons. The highest BCUT2D eigenvalue weighted by Gasteiger charge is 2.38. The Labute approximate surface area is 195 Å². The first kappa shape index (κ1) is 22.9. The number of amides is 1. The number of nitrogens with zero attached hydrogens (tertiary/aromatic N) is 3. The summed E-state index contributed by atoms with van der Waals surface area (Å²) in [5, 5.41) is 8.97. The third kappa shape index (κ3) is 4.33. The summed E-state index contributed by atoms with van der Waals surface area (Å²) in [5.74, 6) is 2.89. The van der Waals surface area contributed by atoms with Crippen molar-refractivity contribution in [2.75, 3.05) is 12.4 Å². The fourth-order valence-corrected chi connectivity index (χ4v) is 6.29. The number of aromatic nitrogens is 2. The number of halogens is 2. The molecular weight excluding hydrogens is 473 g/mol. The first-order chi connectivity index (χ1) is 15.1. The molecule has 1 fully saturated rings. The molecule has 2 N–H and O–H groups in total. The number of thiophene rings is 1. The number of carbonyl (C=O) groups excluding carboxylic acids is 1. The van der Waals surface area contributed by atoms with Crippen molar-refractivity contribution in [1.29, 1.82) is 0 Å². The second kappa shape index (κ2) is 8.60. The van der Waals surface area contributed by atoms with E-state index in [0.29, 0.717) is 12.1 Å². The molecule has 2 aromatic heterocycles. The molecule has 1 aliphatic rings. The molecule has 4 rings (SSSR count). The average Bonchev–Trinajstić information content (AvgIpc) is 3.34. The number of hydrogen-bond acceptors (Lipinski definition) is 4. The van der Waals surface area contributed by atoms with Gasteiger partial charge in [0.2, 0.25) is 5.91 Å². The number of anilines is 1. The highest BCUT2D eigenvalue weighted by Crippen LogP contribution is 2.36. The number of hydrogen-bond donors (Lipinski definition) is 2. The number of rotatable bonds is 4. The standard InChI is InChI=1S/C21H23ClFN5O2S2/c1-12-15(10-24-27(12)2)13-7-20(31-11-13)18-9-19(28(3)32(4,30)26-18)21(29)25-14-5-6-17(23)16(22)8-14/h5-8,10-11,18-19H,4,9H2,1-3H3,(H,25,29)(H,26,30). The molecule has 0 aliphatic carbocycles. The second-order valence-electron chi connectivity index (χ2n) is 7.73. The van der Waals surface area contributed by atoms with E-state index < -0.39 is 21.8 Å². The van der Waals surface area contributed by atoms with E-state index in [1.165, 1.54) is 33.8 Å². The van der Waals surface area contributed by atoms with Crippen LogP contribution in [0.2, 0.25) is 5.02 Å². The van der Waals surface area contributed by atoms with Crippen molar-refractivity contribution in [3.05, 3.63) is 57.3 Å². The second-order valence-corrected chi connectivity index (χ2v) is 11.2. The molecule has 11 heteroatoms. The van der Waals surface area contributed by atoms with Gasteiger partial charge in [0, 0.05) is 35.9 Å². The van der Waals surface area contributed by atoms with Crippen LogP contribution < -0.4 is 10.0 Å². The van der Waals surface area contributed by atoms with Crippen molar-refractivity contribution in [1.82, 2.24) is 18.8 Å². The Bertz CT molecular complexity index is 1290. The molecule has 3 heterocycles. The van der Waals surface area contributed by atoms with E-state index >= 15 is 0 Å². The Morgan fingerprint density at radius 1 is 1.41 bits per heavy atom. The van der Waals surface area contributed by atoms with Crippen LogP contribution in [0.15, 0.2) is 35.8 Å². The van der Waals surface area contributed by atoms with Crippen LogP contribution in [0.1, 0.15) is 23.0 Å². The lowest BCUT2D eigenvalue weighted by atomic mass is 10.0. The molecule has 0 saturated carbocycles. The van der Waals surface area contributed by atoms with Crippen LogP contribution in [-0.4, -0.2) is 43.2 Å². The van der Waals surface area contributed by atoms with Crippen LogP contribution >= 0.6 is 22.9 Å². The molecule has 1 saturated heterocycles. The summed E-state index contributed by atoms with van der Waals surface area (Å²) in [5.41, 5.74) is 3.46. The minimum absolute atomic E-state index is 0.0860. The summed E-state index contributed by atoms with van der Waals surface area (Å²) >= 11 is 7.35. The van der Waals surface area contributed by atoms with E-state index in [0.717, 1.165) is 21.7 Å². The van der Waals surface area contributed by atoms with Gasteiger partial charge in [-0.1, -0.05) is 11.6 Å². The van der Waals surface area contributed by atoms with Crippen molar-refractivity contribution in [2.24, 2.45) is 7.05 Å². The number of carbonyl (C=O) groups is 1. The molecular formula is C21H23ClFN5O2S2. The molecule has 32 heavy (non-hydrogen) atoms. The van der Waals surface area contributed by atoms with Crippen molar-refractivity contribution < 1.29 is 13.4 Å². The van der Waals surface area contributed by atoms with Gasteiger partial charge in [-0.2, -0.15) is 5.10 Å². The third-order valence-corrected chi connectivity index (χ3v) is 8.86. The lowest BCUT2D eigenvalue weighted by molar-refractivity contribution is -0.120. The van der Waals surface area contributed by atoms with Gasteiger partial charge in [0.15, 0.2) is 0 Å². The van der Waals surface area contributed by atoms with E-state index in [1.807, 2.05) is 36.3 Å². The van der Waals surface area contributed by atoms with Crippen molar-refractivity contribution in [2.45, 2.75) is 25.4 Å². The maximum absolute atomic E-state index is 13.4. The zero-order valence-corrected chi connectivity index (χ0v) is 20.2. The average molecular weight is 496 g/mol. The Kier molecular flexibility index (Phi) is 6.17. The quantitative estimate of drug-likeness (QED) is 0.541. The minimum Gasteiger partial charge on any atom is -0.325 e. The van der Waals surface area contributed by atoms with Crippen LogP contribution in [0, 0.1) is 12.7 Å². The smallest absolute Gasteiger partial charge is 0.242 e. The van der Waals surface area contributed by atoms with Gasteiger partial charge in [-0.25, -0.2) is 17.6 Å². The summed E-state index contributed by atoms with van der Waals surface area (Å²) in [6.07, 6.45) is 2.20. The van der Waals surface area contributed by atoms with Gasteiger partial charge in [0.1, 0.15) is 11.9 Å². The number of likely N-dealkylation sites (N-methyl/N-ethyl adjacent to an activating group) is 1. The highest BCUT2D eigenvalue weighted by molar-refractivity contribution is 7.96. The van der Waals surface area contributed by atoms with Gasteiger partial charge in [0.05, 0.1) is 27.2 Å². The first-order valence-corrected chi connectivity index (χ1v) is 12.7. The van der Waals surface area contributed by atoms with Gasteiger partial charge in [-0.15, -0.1) is 11.3 Å². The highest BCUT2D eigenvalue weighted by atomic mass is 35.5. The van der Waals surface area contributed by atoms with Crippen LogP contribution in [0.25, 0.3) is 11.1 Å². The van der Waals surface area contributed by atoms with Crippen LogP contribution in [0.3, 0.4) is 0 Å². The van der Waals surface area contributed by atoms with Gasteiger partial charge < -0.3 is 5.32 Å². The van der Waals surface area contributed by atoms with Crippen molar-refractivity contribution in [3.8, 4) is 11.1 Å². The molecule has 3 unspecified atom stereocenters. The van der Waals surface area contributed by atoms with E-state index in [4.69, 9.17) is 11.6 Å². The predicted octanol–water partition coefficient (Wildman–Crippen LogP) is 3.77. The van der Waals surface area contributed by atoms with Crippen LogP contribution in [-0.2, 0) is 21.7 Å². The molecule has 0 bridgehead atoms. The fourth-order valence-electron chi connectivity index (χ4n) is 3.64. The van der Waals surface area contributed by atoms with Crippen LogP contribution in [0.5, 0.6) is 0 Å². The molecule has 1 amide bonds. The molecule has 3 aromatic rings. The summed E-state index contributed by atoms with van der Waals surface area (Å²) in [4.78, 5) is 14.0. The lowest BCUT2D eigenvalue weighted by Gasteiger charge is -2.39. The first-order valence-electron chi connectivity index (χ1n) is 9.77. The number of nitrogens with one attached hydrogen (secondary N) is 2. The molecule has 0 spiro atoms. The maximum atomic E-state index is 13.4. The van der Waals surface area contributed by atoms with Gasteiger partial charge in [-0.3, -0.25) is 9.48 Å². The van der Waals surface area contributed by atoms with E-state index in [-0.39, 0.29) is 17.0 Å². The summed E-state index contributed by atoms with van der Waals surface area (Å²) in [7, 11) is 0.593. The molecule has 1 aromatic carbocycles. The third-order valence-electron chi connectivity index (χ3n) is 5.69. The monoisotopic (exact) mass is 495 g/mol.